The second-order valence-corrected chi connectivity index (χ2v) is 4.30. The van der Waals surface area contributed by atoms with Crippen molar-refractivity contribution in [3.63, 3.8) is 0 Å². The second-order valence-electron chi connectivity index (χ2n) is 4.30. The van der Waals surface area contributed by atoms with Gasteiger partial charge in [0, 0.05) is 18.7 Å². The van der Waals surface area contributed by atoms with Gasteiger partial charge in [-0.25, -0.2) is 4.68 Å². The van der Waals surface area contributed by atoms with E-state index in [2.05, 4.69) is 28.5 Å². The van der Waals surface area contributed by atoms with Gasteiger partial charge in [0.05, 0.1) is 11.9 Å². The summed E-state index contributed by atoms with van der Waals surface area (Å²) in [6.07, 6.45) is 3.93. The third-order valence-electron chi connectivity index (χ3n) is 3.28. The first-order valence-corrected chi connectivity index (χ1v) is 5.49. The summed E-state index contributed by atoms with van der Waals surface area (Å²) in [5, 5.41) is 7.84. The zero-order valence-corrected chi connectivity index (χ0v) is 9.22. The van der Waals surface area contributed by atoms with Gasteiger partial charge in [-0.05, 0) is 30.0 Å². The van der Waals surface area contributed by atoms with Crippen LogP contribution in [0.4, 0.5) is 0 Å². The molecule has 0 saturated heterocycles. The van der Waals surface area contributed by atoms with Crippen molar-refractivity contribution in [2.45, 2.75) is 18.9 Å². The molecule has 0 bridgehead atoms. The summed E-state index contributed by atoms with van der Waals surface area (Å²) in [6.45, 7) is 0. The first-order chi connectivity index (χ1) is 7.75. The Bertz CT molecular complexity index is 530. The average molecular weight is 214 g/mol. The number of aryl methyl sites for hydroxylation is 2. The van der Waals surface area contributed by atoms with E-state index in [4.69, 9.17) is 5.73 Å². The molecule has 1 aliphatic carbocycles. The molecule has 0 saturated carbocycles. The molecule has 0 amide bonds. The highest BCUT2D eigenvalue weighted by Crippen LogP contribution is 2.32. The molecule has 16 heavy (non-hydrogen) atoms. The SMILES string of the molecule is Cn1nncc1-c1ccc2c(c1)CCC2N. The molecule has 1 aliphatic rings. The Hall–Kier alpha value is -1.68. The van der Waals surface area contributed by atoms with Gasteiger partial charge in [-0.1, -0.05) is 17.3 Å². The first-order valence-electron chi connectivity index (χ1n) is 5.49. The van der Waals surface area contributed by atoms with Crippen LogP contribution in [0.5, 0.6) is 0 Å². The highest BCUT2D eigenvalue weighted by atomic mass is 15.4. The molecule has 4 heteroatoms. The molecule has 3 rings (SSSR count). The van der Waals surface area contributed by atoms with Gasteiger partial charge in [-0.3, -0.25) is 0 Å². The molecular formula is C12H14N4. The molecule has 0 spiro atoms. The smallest absolute Gasteiger partial charge is 0.0882 e. The van der Waals surface area contributed by atoms with Crippen molar-refractivity contribution in [2.75, 3.05) is 0 Å². The number of hydrogen-bond acceptors (Lipinski definition) is 3. The molecule has 1 atom stereocenters. The van der Waals surface area contributed by atoms with Gasteiger partial charge in [0.25, 0.3) is 0 Å². The van der Waals surface area contributed by atoms with Gasteiger partial charge in [-0.2, -0.15) is 0 Å². The van der Waals surface area contributed by atoms with Gasteiger partial charge in [-0.15, -0.1) is 5.10 Å². The standard InChI is InChI=1S/C12H14N4/c1-16-12(7-14-15-16)9-2-4-10-8(6-9)3-5-11(10)13/h2,4,6-7,11H,3,5,13H2,1H3. The highest BCUT2D eigenvalue weighted by Gasteiger charge is 2.19. The van der Waals surface area contributed by atoms with Crippen molar-refractivity contribution in [3.8, 4) is 11.3 Å². The van der Waals surface area contributed by atoms with E-state index in [0.29, 0.717) is 0 Å². The highest BCUT2D eigenvalue weighted by molar-refractivity contribution is 5.61. The third kappa shape index (κ3) is 1.34. The minimum absolute atomic E-state index is 0.216. The number of benzene rings is 1. The van der Waals surface area contributed by atoms with Crippen LogP contribution in [0, 0.1) is 0 Å². The number of aromatic nitrogens is 3. The number of nitrogens with zero attached hydrogens (tertiary/aromatic N) is 3. The van der Waals surface area contributed by atoms with Crippen LogP contribution in [0.25, 0.3) is 11.3 Å². The summed E-state index contributed by atoms with van der Waals surface area (Å²) in [7, 11) is 1.90. The van der Waals surface area contributed by atoms with Crippen molar-refractivity contribution < 1.29 is 0 Å². The molecule has 1 heterocycles. The molecule has 1 unspecified atom stereocenters. The van der Waals surface area contributed by atoms with Gasteiger partial charge >= 0.3 is 0 Å². The largest absolute Gasteiger partial charge is 0.324 e. The van der Waals surface area contributed by atoms with Crippen molar-refractivity contribution >= 4 is 0 Å². The predicted octanol–water partition coefficient (Wildman–Crippen LogP) is 1.43. The summed E-state index contributed by atoms with van der Waals surface area (Å²) in [6, 6.07) is 6.66. The lowest BCUT2D eigenvalue weighted by Crippen LogP contribution is -2.04. The van der Waals surface area contributed by atoms with Crippen LogP contribution in [-0.4, -0.2) is 15.0 Å². The van der Waals surface area contributed by atoms with Crippen LogP contribution in [-0.2, 0) is 13.5 Å². The molecule has 0 aliphatic heterocycles. The minimum Gasteiger partial charge on any atom is -0.324 e. The Morgan fingerprint density at radius 1 is 1.44 bits per heavy atom. The Labute approximate surface area is 94.1 Å². The summed E-state index contributed by atoms with van der Waals surface area (Å²) in [5.74, 6) is 0. The zero-order valence-electron chi connectivity index (χ0n) is 9.22. The van der Waals surface area contributed by atoms with Crippen molar-refractivity contribution in [3.05, 3.63) is 35.5 Å². The fourth-order valence-corrected chi connectivity index (χ4v) is 2.36. The number of nitrogens with two attached hydrogens (primary N) is 1. The first kappa shape index (κ1) is 9.54. The van der Waals surface area contributed by atoms with E-state index in [1.807, 2.05) is 7.05 Å². The average Bonchev–Trinajstić information content (AvgIpc) is 2.86. The fraction of sp³-hybridized carbons (Fsp3) is 0.333. The lowest BCUT2D eigenvalue weighted by Gasteiger charge is -2.06. The van der Waals surface area contributed by atoms with E-state index < -0.39 is 0 Å². The number of fused-ring (bicyclic) bond motifs is 1. The number of hydrogen-bond donors (Lipinski definition) is 1. The normalized spacial score (nSPS) is 18.8. The molecule has 0 fully saturated rings. The molecule has 4 nitrogen and oxygen atoms in total. The molecule has 2 aromatic rings. The Morgan fingerprint density at radius 3 is 3.06 bits per heavy atom. The van der Waals surface area contributed by atoms with E-state index in [0.717, 1.165) is 18.5 Å². The zero-order chi connectivity index (χ0) is 11.1. The van der Waals surface area contributed by atoms with E-state index in [1.165, 1.54) is 16.7 Å². The molecule has 1 aromatic carbocycles. The monoisotopic (exact) mass is 214 g/mol. The van der Waals surface area contributed by atoms with Crippen molar-refractivity contribution in [1.29, 1.82) is 0 Å². The van der Waals surface area contributed by atoms with Gasteiger partial charge in [0.15, 0.2) is 0 Å². The van der Waals surface area contributed by atoms with E-state index in [-0.39, 0.29) is 6.04 Å². The molecule has 2 N–H and O–H groups in total. The van der Waals surface area contributed by atoms with E-state index >= 15 is 0 Å². The van der Waals surface area contributed by atoms with Crippen LogP contribution in [0.15, 0.2) is 24.4 Å². The lowest BCUT2D eigenvalue weighted by molar-refractivity contribution is 0.713. The van der Waals surface area contributed by atoms with Crippen LogP contribution >= 0.6 is 0 Å². The maximum absolute atomic E-state index is 6.02. The molecule has 0 radical (unpaired) electrons. The van der Waals surface area contributed by atoms with Crippen LogP contribution in [0.3, 0.4) is 0 Å². The van der Waals surface area contributed by atoms with E-state index in [9.17, 15) is 0 Å². The summed E-state index contributed by atoms with van der Waals surface area (Å²) in [4.78, 5) is 0. The van der Waals surface area contributed by atoms with Crippen molar-refractivity contribution in [2.24, 2.45) is 12.8 Å². The van der Waals surface area contributed by atoms with Gasteiger partial charge < -0.3 is 5.73 Å². The molecule has 82 valence electrons. The summed E-state index contributed by atoms with van der Waals surface area (Å²) < 4.78 is 1.79. The maximum Gasteiger partial charge on any atom is 0.0882 e. The summed E-state index contributed by atoms with van der Waals surface area (Å²) in [5.41, 5.74) is 10.9. The minimum atomic E-state index is 0.216. The second kappa shape index (κ2) is 3.42. The number of rotatable bonds is 1. The Morgan fingerprint density at radius 2 is 2.31 bits per heavy atom. The van der Waals surface area contributed by atoms with Crippen LogP contribution < -0.4 is 5.73 Å². The van der Waals surface area contributed by atoms with Crippen molar-refractivity contribution in [1.82, 2.24) is 15.0 Å². The topological polar surface area (TPSA) is 56.7 Å². The summed E-state index contributed by atoms with van der Waals surface area (Å²) >= 11 is 0. The fourth-order valence-electron chi connectivity index (χ4n) is 2.36. The predicted molar refractivity (Wildman–Crippen MR) is 61.7 cm³/mol. The van der Waals surface area contributed by atoms with E-state index in [1.54, 1.807) is 10.9 Å². The molecule has 1 aromatic heterocycles. The maximum atomic E-state index is 6.02. The van der Waals surface area contributed by atoms with Crippen LogP contribution in [0.1, 0.15) is 23.6 Å². The lowest BCUT2D eigenvalue weighted by atomic mass is 10.0. The Balaban J connectivity index is 2.09. The third-order valence-corrected chi connectivity index (χ3v) is 3.28. The van der Waals surface area contributed by atoms with Gasteiger partial charge in [0.2, 0.25) is 0 Å². The Kier molecular flexibility index (Phi) is 2.04. The quantitative estimate of drug-likeness (QED) is 0.781. The van der Waals surface area contributed by atoms with Gasteiger partial charge in [0.1, 0.15) is 0 Å². The molecular weight excluding hydrogens is 200 g/mol. The van der Waals surface area contributed by atoms with Crippen LogP contribution in [0.2, 0.25) is 0 Å².